The van der Waals surface area contributed by atoms with Gasteiger partial charge in [-0.1, -0.05) is 41.9 Å². The Kier molecular flexibility index (Phi) is 5.00. The van der Waals surface area contributed by atoms with Crippen LogP contribution in [0.25, 0.3) is 26.5 Å². The van der Waals surface area contributed by atoms with Crippen LogP contribution in [-0.4, -0.2) is 9.55 Å². The molecule has 0 amide bonds. The summed E-state index contributed by atoms with van der Waals surface area (Å²) in [4.78, 5) is 18.2. The number of thiophene rings is 1. The number of hydrogen-bond donors (Lipinski definition) is 1. The summed E-state index contributed by atoms with van der Waals surface area (Å²) in [5.41, 5.74) is 2.71. The first-order valence-electron chi connectivity index (χ1n) is 10.0. The molecule has 0 unspecified atom stereocenters. The van der Waals surface area contributed by atoms with E-state index in [9.17, 15) is 4.79 Å². The number of anilines is 1. The van der Waals surface area contributed by atoms with Gasteiger partial charge in [-0.05, 0) is 60.5 Å². The molecule has 154 valence electrons. The van der Waals surface area contributed by atoms with E-state index in [0.29, 0.717) is 10.4 Å². The zero-order valence-corrected chi connectivity index (χ0v) is 18.7. The van der Waals surface area contributed by atoms with E-state index in [0.717, 1.165) is 28.0 Å². The quantitative estimate of drug-likeness (QED) is 0.333. The molecule has 4 nitrogen and oxygen atoms in total. The molecule has 31 heavy (non-hydrogen) atoms. The minimum absolute atomic E-state index is 0.129. The molecule has 0 fully saturated rings. The van der Waals surface area contributed by atoms with Crippen molar-refractivity contribution < 1.29 is 0 Å². The highest BCUT2D eigenvalue weighted by Gasteiger charge is 2.19. The van der Waals surface area contributed by atoms with Gasteiger partial charge in [-0.25, -0.2) is 4.98 Å². The summed E-state index contributed by atoms with van der Waals surface area (Å²) in [5, 5.41) is 8.62. The van der Waals surface area contributed by atoms with Crippen LogP contribution in [0.5, 0.6) is 0 Å². The van der Waals surface area contributed by atoms with Gasteiger partial charge >= 0.3 is 0 Å². The standard InChI is InChI=1S/C25H20ClN3OS/c1-15-14-31-21-11-12-27-24(22(15)21)28-16(2)20-13-17-7-6-10-19(26)23(17)25(30)29(20)18-8-4-3-5-9-18/h3-14,16H,1-2H3,(H,27,28)/t16-/m0/s1. The van der Waals surface area contributed by atoms with Gasteiger partial charge in [-0.2, -0.15) is 0 Å². The summed E-state index contributed by atoms with van der Waals surface area (Å²) >= 11 is 8.12. The molecule has 0 aliphatic heterocycles. The van der Waals surface area contributed by atoms with Crippen molar-refractivity contribution in [2.24, 2.45) is 0 Å². The lowest BCUT2D eigenvalue weighted by Crippen LogP contribution is -2.25. The van der Waals surface area contributed by atoms with Crippen LogP contribution in [0, 0.1) is 6.92 Å². The zero-order chi connectivity index (χ0) is 21.5. The first-order chi connectivity index (χ1) is 15.0. The Morgan fingerprint density at radius 3 is 2.68 bits per heavy atom. The number of pyridine rings is 2. The highest BCUT2D eigenvalue weighted by Crippen LogP contribution is 2.33. The summed E-state index contributed by atoms with van der Waals surface area (Å²) in [6, 6.07) is 19.1. The Morgan fingerprint density at radius 1 is 1.06 bits per heavy atom. The van der Waals surface area contributed by atoms with Gasteiger partial charge in [0.2, 0.25) is 0 Å². The molecule has 1 N–H and O–H groups in total. The molecule has 0 aliphatic rings. The number of nitrogens with one attached hydrogen (secondary N) is 1. The van der Waals surface area contributed by atoms with Crippen LogP contribution in [0.1, 0.15) is 24.2 Å². The molecule has 2 aromatic carbocycles. The van der Waals surface area contributed by atoms with Crippen LogP contribution in [-0.2, 0) is 0 Å². The van der Waals surface area contributed by atoms with E-state index in [2.05, 4.69) is 22.6 Å². The molecule has 6 heteroatoms. The smallest absolute Gasteiger partial charge is 0.264 e. The second-order valence-electron chi connectivity index (χ2n) is 7.57. The van der Waals surface area contributed by atoms with Crippen LogP contribution >= 0.6 is 22.9 Å². The highest BCUT2D eigenvalue weighted by molar-refractivity contribution is 7.17. The molecule has 0 aliphatic carbocycles. The fraction of sp³-hybridized carbons (Fsp3) is 0.120. The van der Waals surface area contributed by atoms with E-state index >= 15 is 0 Å². The van der Waals surface area contributed by atoms with Gasteiger partial charge < -0.3 is 5.32 Å². The number of aryl methyl sites for hydroxylation is 1. The van der Waals surface area contributed by atoms with Crippen LogP contribution in [0.2, 0.25) is 5.02 Å². The van der Waals surface area contributed by atoms with Crippen molar-refractivity contribution in [3.8, 4) is 5.69 Å². The Labute approximate surface area is 188 Å². The molecular weight excluding hydrogens is 426 g/mol. The lowest BCUT2D eigenvalue weighted by atomic mass is 10.1. The zero-order valence-electron chi connectivity index (χ0n) is 17.1. The largest absolute Gasteiger partial charge is 0.361 e. The number of hydrogen-bond acceptors (Lipinski definition) is 4. The number of rotatable bonds is 4. The summed E-state index contributed by atoms with van der Waals surface area (Å²) in [6.07, 6.45) is 1.82. The average molecular weight is 446 g/mol. The second-order valence-corrected chi connectivity index (χ2v) is 8.89. The Balaban J connectivity index is 1.71. The molecule has 0 radical (unpaired) electrons. The minimum Gasteiger partial charge on any atom is -0.361 e. The summed E-state index contributed by atoms with van der Waals surface area (Å²) in [5.74, 6) is 0.821. The average Bonchev–Trinajstić information content (AvgIpc) is 3.16. The van der Waals surface area contributed by atoms with Gasteiger partial charge in [-0.15, -0.1) is 11.3 Å². The van der Waals surface area contributed by atoms with E-state index in [4.69, 9.17) is 11.6 Å². The SMILES string of the molecule is Cc1csc2ccnc(N[C@@H](C)c3cc4cccc(Cl)c4c(=O)n3-c3ccccc3)c12. The maximum atomic E-state index is 13.6. The van der Waals surface area contributed by atoms with Crippen LogP contribution in [0.15, 0.2) is 77.0 Å². The van der Waals surface area contributed by atoms with Crippen molar-refractivity contribution in [1.82, 2.24) is 9.55 Å². The van der Waals surface area contributed by atoms with E-state index in [1.807, 2.05) is 67.7 Å². The van der Waals surface area contributed by atoms with Crippen LogP contribution < -0.4 is 10.9 Å². The number of aromatic nitrogens is 2. The Bertz CT molecular complexity index is 1470. The minimum atomic E-state index is -0.173. The third-order valence-electron chi connectivity index (χ3n) is 5.51. The highest BCUT2D eigenvalue weighted by atomic mass is 35.5. The fourth-order valence-electron chi connectivity index (χ4n) is 4.02. The van der Waals surface area contributed by atoms with Crippen molar-refractivity contribution in [2.75, 3.05) is 5.32 Å². The van der Waals surface area contributed by atoms with Crippen molar-refractivity contribution in [3.63, 3.8) is 0 Å². The molecule has 0 saturated carbocycles. The molecule has 5 aromatic rings. The molecule has 0 saturated heterocycles. The Hall–Kier alpha value is -3.15. The van der Waals surface area contributed by atoms with E-state index in [1.54, 1.807) is 22.0 Å². The van der Waals surface area contributed by atoms with Gasteiger partial charge in [0.1, 0.15) is 5.82 Å². The molecule has 3 aromatic heterocycles. The maximum absolute atomic E-state index is 13.6. The van der Waals surface area contributed by atoms with Crippen LogP contribution in [0.3, 0.4) is 0 Å². The number of nitrogens with zero attached hydrogens (tertiary/aromatic N) is 2. The van der Waals surface area contributed by atoms with Gasteiger partial charge in [0.25, 0.3) is 5.56 Å². The third-order valence-corrected chi connectivity index (χ3v) is 6.89. The van der Waals surface area contributed by atoms with Gasteiger partial charge in [0.15, 0.2) is 0 Å². The molecule has 0 spiro atoms. The number of halogens is 1. The molecular formula is C25H20ClN3OS. The fourth-order valence-corrected chi connectivity index (χ4v) is 5.22. The maximum Gasteiger partial charge on any atom is 0.264 e. The lowest BCUT2D eigenvalue weighted by molar-refractivity contribution is 0.775. The predicted molar refractivity (Wildman–Crippen MR) is 131 cm³/mol. The molecule has 5 rings (SSSR count). The second kappa shape index (κ2) is 7.84. The van der Waals surface area contributed by atoms with E-state index in [1.165, 1.54) is 10.3 Å². The summed E-state index contributed by atoms with van der Waals surface area (Å²) in [6.45, 7) is 4.14. The van der Waals surface area contributed by atoms with Gasteiger partial charge in [-0.3, -0.25) is 9.36 Å². The van der Waals surface area contributed by atoms with Gasteiger partial charge in [0.05, 0.1) is 16.5 Å². The predicted octanol–water partition coefficient (Wildman–Crippen LogP) is 6.74. The molecule has 1 atom stereocenters. The number of benzene rings is 2. The number of fused-ring (bicyclic) bond motifs is 2. The summed E-state index contributed by atoms with van der Waals surface area (Å²) < 4.78 is 2.93. The monoisotopic (exact) mass is 445 g/mol. The third kappa shape index (κ3) is 3.40. The van der Waals surface area contributed by atoms with E-state index in [-0.39, 0.29) is 11.6 Å². The first kappa shape index (κ1) is 19.8. The lowest BCUT2D eigenvalue weighted by Gasteiger charge is -2.22. The van der Waals surface area contributed by atoms with Crippen molar-refractivity contribution in [2.45, 2.75) is 19.9 Å². The molecule has 0 bridgehead atoms. The van der Waals surface area contributed by atoms with Gasteiger partial charge in [0, 0.05) is 27.7 Å². The van der Waals surface area contributed by atoms with Crippen molar-refractivity contribution in [1.29, 1.82) is 0 Å². The van der Waals surface area contributed by atoms with Crippen molar-refractivity contribution >= 4 is 49.6 Å². The van der Waals surface area contributed by atoms with E-state index < -0.39 is 0 Å². The van der Waals surface area contributed by atoms with Crippen molar-refractivity contribution in [3.05, 3.63) is 98.9 Å². The molecule has 3 heterocycles. The first-order valence-corrected chi connectivity index (χ1v) is 11.3. The van der Waals surface area contributed by atoms with Crippen LogP contribution in [0.4, 0.5) is 5.82 Å². The summed E-state index contributed by atoms with van der Waals surface area (Å²) in [7, 11) is 0. The normalized spacial score (nSPS) is 12.4. The topological polar surface area (TPSA) is 46.9 Å². The Morgan fingerprint density at radius 2 is 1.87 bits per heavy atom. The number of para-hydroxylation sites is 1.